The van der Waals surface area contributed by atoms with Gasteiger partial charge in [-0.2, -0.15) is 5.01 Å². The normalized spacial score (nSPS) is 17.7. The number of nitrogens with one attached hydrogen (secondary N) is 2. The van der Waals surface area contributed by atoms with Crippen LogP contribution in [0.25, 0.3) is 21.6 Å². The number of para-hydroxylation sites is 1. The average Bonchev–Trinajstić information content (AvgIpc) is 3.85. The van der Waals surface area contributed by atoms with Crippen molar-refractivity contribution in [1.82, 2.24) is 50.7 Å². The zero-order valence-corrected chi connectivity index (χ0v) is 28.8. The van der Waals surface area contributed by atoms with Crippen molar-refractivity contribution in [2.24, 2.45) is 0 Å². The molecule has 3 aromatic carbocycles. The third-order valence-corrected chi connectivity index (χ3v) is 10.3. The smallest absolute Gasteiger partial charge is 0.332 e. The molecule has 0 saturated carbocycles. The lowest BCUT2D eigenvalue weighted by Gasteiger charge is -2.46. The van der Waals surface area contributed by atoms with E-state index in [-0.39, 0.29) is 51.0 Å². The molecule has 50 heavy (non-hydrogen) atoms. The number of hydrazine groups is 1. The molecule has 0 unspecified atom stereocenters. The van der Waals surface area contributed by atoms with Crippen molar-refractivity contribution < 1.29 is 14.4 Å². The minimum absolute atomic E-state index is 0.105. The predicted octanol–water partition coefficient (Wildman–Crippen LogP) is 4.10. The van der Waals surface area contributed by atoms with E-state index in [0.717, 1.165) is 32.5 Å². The Bertz CT molecular complexity index is 2070. The number of piperazine rings is 1. The number of amides is 4. The molecule has 2 aliphatic rings. The van der Waals surface area contributed by atoms with E-state index in [9.17, 15) is 14.4 Å². The van der Waals surface area contributed by atoms with Crippen molar-refractivity contribution in [1.29, 1.82) is 0 Å². The van der Waals surface area contributed by atoms with Gasteiger partial charge < -0.3 is 20.9 Å². The first-order chi connectivity index (χ1) is 24.2. The van der Waals surface area contributed by atoms with Crippen LogP contribution in [0.15, 0.2) is 73.3 Å². The van der Waals surface area contributed by atoms with E-state index in [1.165, 1.54) is 16.3 Å². The topological polar surface area (TPSA) is 170 Å². The zero-order chi connectivity index (χ0) is 34.9. The van der Waals surface area contributed by atoms with E-state index in [4.69, 9.17) is 28.9 Å². The first-order valence-corrected chi connectivity index (χ1v) is 17.2. The summed E-state index contributed by atoms with van der Waals surface area (Å²) >= 11 is 13.6. The van der Waals surface area contributed by atoms with E-state index in [0.29, 0.717) is 21.0 Å². The molecule has 0 bridgehead atoms. The zero-order valence-electron chi connectivity index (χ0n) is 26.5. The van der Waals surface area contributed by atoms with Gasteiger partial charge in [-0.05, 0) is 45.3 Å². The van der Waals surface area contributed by atoms with Crippen LogP contribution in [0.3, 0.4) is 0 Å². The van der Waals surface area contributed by atoms with Crippen molar-refractivity contribution in [2.75, 3.05) is 25.4 Å². The predicted molar refractivity (Wildman–Crippen MR) is 189 cm³/mol. The molecule has 256 valence electrons. The Morgan fingerprint density at radius 2 is 1.92 bits per heavy atom. The van der Waals surface area contributed by atoms with Crippen LogP contribution >= 0.6 is 34.5 Å². The van der Waals surface area contributed by atoms with Gasteiger partial charge in [0.05, 0.1) is 39.9 Å². The van der Waals surface area contributed by atoms with Crippen molar-refractivity contribution in [3.8, 4) is 11.4 Å². The van der Waals surface area contributed by atoms with E-state index in [2.05, 4.69) is 37.5 Å². The summed E-state index contributed by atoms with van der Waals surface area (Å²) in [5, 5.41) is 21.3. The molecule has 14 nitrogen and oxygen atoms in total. The van der Waals surface area contributed by atoms with Gasteiger partial charge in [-0.15, -0.1) is 11.7 Å². The van der Waals surface area contributed by atoms with Crippen molar-refractivity contribution in [3.05, 3.63) is 100 Å². The highest BCUT2D eigenvalue weighted by atomic mass is 35.5. The molecule has 4 heterocycles. The highest BCUT2D eigenvalue weighted by Crippen LogP contribution is 2.33. The number of H-pyrrole nitrogens is 1. The lowest BCUT2D eigenvalue weighted by molar-refractivity contribution is -0.157. The summed E-state index contributed by atoms with van der Waals surface area (Å²) in [6, 6.07) is 17.1. The number of thiazole rings is 1. The molecular weight excluding hydrogens is 701 g/mol. The Hall–Kier alpha value is -5.09. The number of tetrazole rings is 1. The molecule has 4 N–H and O–H groups in total. The van der Waals surface area contributed by atoms with Gasteiger partial charge in [-0.25, -0.2) is 14.9 Å². The maximum Gasteiger partial charge on any atom is 0.332 e. The summed E-state index contributed by atoms with van der Waals surface area (Å²) in [5.41, 5.74) is 9.97. The molecule has 2 saturated heterocycles. The maximum absolute atomic E-state index is 14.4. The number of nitrogen functional groups attached to an aromatic ring is 1. The minimum atomic E-state index is -0.839. The number of fused-ring (bicyclic) bond motifs is 2. The maximum atomic E-state index is 14.4. The van der Waals surface area contributed by atoms with Crippen LogP contribution in [0.1, 0.15) is 16.7 Å². The number of anilines is 1. The SMILES string of the molecule is C=CCN(C(=O)NCc1ccc(Cl)c(Cl)c1)N1CC(=O)N2[C@@H](Cc3ccc(-c4nnn[nH]4)cc3)C(=O)N(Cc3cccc4sc(N)nc34)C[C@@H]21. The van der Waals surface area contributed by atoms with Gasteiger partial charge in [0.15, 0.2) is 11.0 Å². The summed E-state index contributed by atoms with van der Waals surface area (Å²) < 4.78 is 0.915. The fourth-order valence-electron chi connectivity index (χ4n) is 6.39. The van der Waals surface area contributed by atoms with Gasteiger partial charge in [0, 0.05) is 25.1 Å². The Kier molecular flexibility index (Phi) is 9.38. The fraction of sp³-hybridized carbons (Fsp3) is 0.242. The van der Waals surface area contributed by atoms with Crippen LogP contribution in [-0.2, 0) is 29.1 Å². The Balaban J connectivity index is 1.19. The van der Waals surface area contributed by atoms with E-state index in [1.54, 1.807) is 39.1 Å². The van der Waals surface area contributed by atoms with E-state index < -0.39 is 18.2 Å². The molecule has 2 atom stereocenters. The van der Waals surface area contributed by atoms with Gasteiger partial charge in [0.1, 0.15) is 12.2 Å². The number of aromatic amines is 1. The number of hydrogen-bond donors (Lipinski definition) is 3. The number of nitrogens with two attached hydrogens (primary N) is 1. The third-order valence-electron chi connectivity index (χ3n) is 8.72. The molecule has 0 spiro atoms. The fourth-order valence-corrected chi connectivity index (χ4v) is 7.50. The van der Waals surface area contributed by atoms with Crippen LogP contribution < -0.4 is 11.1 Å². The van der Waals surface area contributed by atoms with Crippen LogP contribution in [0.4, 0.5) is 9.93 Å². The van der Waals surface area contributed by atoms with Gasteiger partial charge in [0.2, 0.25) is 11.8 Å². The van der Waals surface area contributed by atoms with Crippen LogP contribution in [0.5, 0.6) is 0 Å². The second-order valence-electron chi connectivity index (χ2n) is 11.9. The van der Waals surface area contributed by atoms with Gasteiger partial charge >= 0.3 is 6.03 Å². The van der Waals surface area contributed by atoms with Gasteiger partial charge in [-0.1, -0.05) is 83.1 Å². The van der Waals surface area contributed by atoms with E-state index in [1.807, 2.05) is 42.5 Å². The first-order valence-electron chi connectivity index (χ1n) is 15.6. The standard InChI is InChI=1S/C33H31Cl2N11O3S/c1-2-12-44(33(49)37-15-20-8-11-23(34)24(35)13-20)45-18-28(47)46-25(14-19-6-9-21(10-7-19)30-39-41-42-40-30)31(48)43(17-27(45)46)16-22-4-3-5-26-29(22)38-32(36)50-26/h2-11,13,25,27H,1,12,14-18H2,(H2,36,38)(H,37,49)(H,39,40,41,42)/t25-,27+/m0/s1. The Morgan fingerprint density at radius 1 is 1.12 bits per heavy atom. The molecule has 4 amide bonds. The second-order valence-corrected chi connectivity index (χ2v) is 13.7. The number of carbonyl (C=O) groups is 3. The molecule has 7 rings (SSSR count). The number of nitrogens with zero attached hydrogens (tertiary/aromatic N) is 8. The summed E-state index contributed by atoms with van der Waals surface area (Å²) in [7, 11) is 0. The van der Waals surface area contributed by atoms with Crippen molar-refractivity contribution in [2.45, 2.75) is 31.7 Å². The van der Waals surface area contributed by atoms with Crippen LogP contribution in [0.2, 0.25) is 10.0 Å². The van der Waals surface area contributed by atoms with Crippen molar-refractivity contribution in [3.63, 3.8) is 0 Å². The van der Waals surface area contributed by atoms with Gasteiger partial charge in [-0.3, -0.25) is 14.6 Å². The molecule has 5 aromatic rings. The largest absolute Gasteiger partial charge is 0.375 e. The molecule has 0 aliphatic carbocycles. The number of carbonyl (C=O) groups excluding carboxylic acids is 3. The highest BCUT2D eigenvalue weighted by molar-refractivity contribution is 7.22. The number of hydrogen-bond acceptors (Lipinski definition) is 10. The Labute approximate surface area is 300 Å². The number of rotatable bonds is 10. The molecule has 2 aromatic heterocycles. The second kappa shape index (κ2) is 14.0. The number of benzene rings is 3. The molecule has 2 aliphatic heterocycles. The third kappa shape index (κ3) is 6.59. The number of aromatic nitrogens is 5. The molecular formula is C33H31Cl2N11O3S. The summed E-state index contributed by atoms with van der Waals surface area (Å²) in [6.45, 7) is 4.44. The summed E-state index contributed by atoms with van der Waals surface area (Å²) in [5.74, 6) is 0.0380. The number of halogens is 2. The highest BCUT2D eigenvalue weighted by Gasteiger charge is 2.52. The molecule has 2 fully saturated rings. The van der Waals surface area contributed by atoms with E-state index >= 15 is 0 Å². The monoisotopic (exact) mass is 731 g/mol. The minimum Gasteiger partial charge on any atom is -0.375 e. The number of urea groups is 1. The van der Waals surface area contributed by atoms with Gasteiger partial charge in [0.25, 0.3) is 0 Å². The summed E-state index contributed by atoms with van der Waals surface area (Å²) in [6.07, 6.45) is 1.20. The summed E-state index contributed by atoms with van der Waals surface area (Å²) in [4.78, 5) is 49.8. The molecule has 0 radical (unpaired) electrons. The van der Waals surface area contributed by atoms with Crippen LogP contribution in [-0.4, -0.2) is 95.1 Å². The Morgan fingerprint density at radius 3 is 2.66 bits per heavy atom. The first kappa shape index (κ1) is 33.4. The average molecular weight is 733 g/mol. The lowest BCUT2D eigenvalue weighted by Crippen LogP contribution is -2.66. The molecule has 17 heteroatoms. The lowest BCUT2D eigenvalue weighted by atomic mass is 9.99. The quantitative estimate of drug-likeness (QED) is 0.179. The van der Waals surface area contributed by atoms with Crippen LogP contribution in [0, 0.1) is 0 Å². The van der Waals surface area contributed by atoms with Crippen molar-refractivity contribution >= 4 is 67.7 Å².